The lowest BCUT2D eigenvalue weighted by Crippen LogP contribution is -2.32. The van der Waals surface area contributed by atoms with Crippen molar-refractivity contribution >= 4 is 11.6 Å². The lowest BCUT2D eigenvalue weighted by atomic mass is 9.78. The van der Waals surface area contributed by atoms with Gasteiger partial charge in [0.1, 0.15) is 11.6 Å². The largest absolute Gasteiger partial charge is 0.299 e. The maximum atomic E-state index is 11.6. The van der Waals surface area contributed by atoms with Gasteiger partial charge in [0.05, 0.1) is 5.92 Å². The highest BCUT2D eigenvalue weighted by Gasteiger charge is 2.32. The molecule has 0 N–H and O–H groups in total. The Morgan fingerprint density at radius 2 is 2.15 bits per heavy atom. The first-order chi connectivity index (χ1) is 6.16. The van der Waals surface area contributed by atoms with Gasteiger partial charge in [-0.15, -0.1) is 0 Å². The van der Waals surface area contributed by atoms with Crippen molar-refractivity contribution in [2.45, 2.75) is 46.0 Å². The van der Waals surface area contributed by atoms with E-state index in [0.29, 0.717) is 6.42 Å². The molecule has 2 nitrogen and oxygen atoms in total. The minimum absolute atomic E-state index is 0.111. The summed E-state index contributed by atoms with van der Waals surface area (Å²) < 4.78 is 0. The first-order valence-electron chi connectivity index (χ1n) is 5.23. The van der Waals surface area contributed by atoms with E-state index in [9.17, 15) is 9.59 Å². The number of hydrogen-bond acceptors (Lipinski definition) is 2. The fraction of sp³-hybridized carbons (Fsp3) is 0.818. The summed E-state index contributed by atoms with van der Waals surface area (Å²) in [5.41, 5.74) is 0. The molecule has 0 saturated heterocycles. The molecule has 2 atom stereocenters. The van der Waals surface area contributed by atoms with Crippen LogP contribution in [-0.2, 0) is 9.59 Å². The quantitative estimate of drug-likeness (QED) is 0.628. The molecule has 0 heterocycles. The van der Waals surface area contributed by atoms with Crippen LogP contribution in [0, 0.1) is 11.8 Å². The lowest BCUT2D eigenvalue weighted by Gasteiger charge is -2.24. The lowest BCUT2D eigenvalue weighted by molar-refractivity contribution is -0.137. The zero-order valence-electron chi connectivity index (χ0n) is 8.51. The molecule has 1 aliphatic carbocycles. The van der Waals surface area contributed by atoms with E-state index in [1.165, 1.54) is 0 Å². The standard InChI is InChI=1S/C11H18O2/c1-3-5-10(12)9-7-4-6-8(2)11(9)13/h8-9H,3-7H2,1-2H3. The Bertz CT molecular complexity index is 208. The third kappa shape index (κ3) is 2.39. The van der Waals surface area contributed by atoms with E-state index in [2.05, 4.69) is 0 Å². The number of hydrogen-bond donors (Lipinski definition) is 0. The van der Waals surface area contributed by atoms with Gasteiger partial charge >= 0.3 is 0 Å². The van der Waals surface area contributed by atoms with Crippen LogP contribution in [0.1, 0.15) is 46.0 Å². The number of ketones is 2. The summed E-state index contributed by atoms with van der Waals surface area (Å²) in [5, 5.41) is 0. The highest BCUT2D eigenvalue weighted by atomic mass is 16.2. The topological polar surface area (TPSA) is 34.1 Å². The summed E-state index contributed by atoms with van der Waals surface area (Å²) in [6, 6.07) is 0. The molecular weight excluding hydrogens is 164 g/mol. The molecule has 0 aromatic rings. The van der Waals surface area contributed by atoms with Crippen LogP contribution >= 0.6 is 0 Å². The summed E-state index contributed by atoms with van der Waals surface area (Å²) in [5.74, 6) is 0.201. The summed E-state index contributed by atoms with van der Waals surface area (Å²) in [7, 11) is 0. The number of rotatable bonds is 3. The molecule has 0 bridgehead atoms. The third-order valence-corrected chi connectivity index (χ3v) is 2.84. The van der Waals surface area contributed by atoms with Crippen LogP contribution in [0.2, 0.25) is 0 Å². The minimum atomic E-state index is -0.260. The first-order valence-corrected chi connectivity index (χ1v) is 5.23. The van der Waals surface area contributed by atoms with E-state index >= 15 is 0 Å². The van der Waals surface area contributed by atoms with Crippen molar-refractivity contribution in [3.63, 3.8) is 0 Å². The molecule has 1 rings (SSSR count). The summed E-state index contributed by atoms with van der Waals surface area (Å²) >= 11 is 0. The van der Waals surface area contributed by atoms with Gasteiger partial charge in [0, 0.05) is 12.3 Å². The van der Waals surface area contributed by atoms with E-state index in [1.807, 2.05) is 13.8 Å². The Balaban J connectivity index is 2.57. The molecule has 0 aromatic carbocycles. The van der Waals surface area contributed by atoms with Gasteiger partial charge < -0.3 is 0 Å². The van der Waals surface area contributed by atoms with E-state index in [-0.39, 0.29) is 23.4 Å². The van der Waals surface area contributed by atoms with E-state index in [4.69, 9.17) is 0 Å². The van der Waals surface area contributed by atoms with Crippen LogP contribution in [-0.4, -0.2) is 11.6 Å². The van der Waals surface area contributed by atoms with Gasteiger partial charge in [0.2, 0.25) is 0 Å². The highest BCUT2D eigenvalue weighted by Crippen LogP contribution is 2.26. The maximum Gasteiger partial charge on any atom is 0.146 e. The summed E-state index contributed by atoms with van der Waals surface area (Å²) in [4.78, 5) is 23.2. The molecule has 1 fully saturated rings. The Morgan fingerprint density at radius 3 is 2.77 bits per heavy atom. The Morgan fingerprint density at radius 1 is 1.46 bits per heavy atom. The molecule has 1 aliphatic rings. The molecule has 0 radical (unpaired) electrons. The molecule has 1 saturated carbocycles. The fourth-order valence-electron chi connectivity index (χ4n) is 2.00. The van der Waals surface area contributed by atoms with E-state index in [1.54, 1.807) is 0 Å². The van der Waals surface area contributed by atoms with Gasteiger partial charge in [-0.1, -0.05) is 20.3 Å². The average molecular weight is 182 g/mol. The average Bonchev–Trinajstić information content (AvgIpc) is 2.10. The second kappa shape index (κ2) is 4.54. The van der Waals surface area contributed by atoms with Gasteiger partial charge in [-0.25, -0.2) is 0 Å². The smallest absolute Gasteiger partial charge is 0.146 e. The van der Waals surface area contributed by atoms with Gasteiger partial charge in [-0.3, -0.25) is 9.59 Å². The van der Waals surface area contributed by atoms with Crippen LogP contribution < -0.4 is 0 Å². The second-order valence-electron chi connectivity index (χ2n) is 4.00. The van der Waals surface area contributed by atoms with Crippen molar-refractivity contribution < 1.29 is 9.59 Å². The summed E-state index contributed by atoms with van der Waals surface area (Å²) in [6.07, 6.45) is 4.23. The Labute approximate surface area is 79.7 Å². The monoisotopic (exact) mass is 182 g/mol. The maximum absolute atomic E-state index is 11.6. The van der Waals surface area contributed by atoms with Crippen LogP contribution in [0.3, 0.4) is 0 Å². The molecular formula is C11H18O2. The summed E-state index contributed by atoms with van der Waals surface area (Å²) in [6.45, 7) is 3.92. The van der Waals surface area contributed by atoms with Crippen molar-refractivity contribution in [3.8, 4) is 0 Å². The van der Waals surface area contributed by atoms with Gasteiger partial charge in [-0.2, -0.15) is 0 Å². The van der Waals surface area contributed by atoms with Crippen LogP contribution in [0.4, 0.5) is 0 Å². The highest BCUT2D eigenvalue weighted by molar-refractivity contribution is 6.03. The Kier molecular flexibility index (Phi) is 3.64. The molecule has 2 heteroatoms. The predicted molar refractivity (Wildman–Crippen MR) is 51.4 cm³/mol. The molecule has 2 unspecified atom stereocenters. The van der Waals surface area contributed by atoms with Crippen molar-refractivity contribution in [2.75, 3.05) is 0 Å². The Hall–Kier alpha value is -0.660. The third-order valence-electron chi connectivity index (χ3n) is 2.84. The molecule has 0 aliphatic heterocycles. The van der Waals surface area contributed by atoms with Crippen molar-refractivity contribution in [1.29, 1.82) is 0 Å². The van der Waals surface area contributed by atoms with E-state index in [0.717, 1.165) is 25.7 Å². The van der Waals surface area contributed by atoms with Crippen molar-refractivity contribution in [3.05, 3.63) is 0 Å². The van der Waals surface area contributed by atoms with Crippen molar-refractivity contribution in [1.82, 2.24) is 0 Å². The van der Waals surface area contributed by atoms with Crippen LogP contribution in [0.25, 0.3) is 0 Å². The first kappa shape index (κ1) is 10.4. The number of carbonyl (C=O) groups excluding carboxylic acids is 2. The van der Waals surface area contributed by atoms with E-state index < -0.39 is 0 Å². The molecule has 0 spiro atoms. The van der Waals surface area contributed by atoms with Gasteiger partial charge in [-0.05, 0) is 19.3 Å². The predicted octanol–water partition coefficient (Wildman–Crippen LogP) is 2.36. The molecule has 74 valence electrons. The number of carbonyl (C=O) groups is 2. The SMILES string of the molecule is CCCC(=O)C1CCCC(C)C1=O. The zero-order valence-corrected chi connectivity index (χ0v) is 8.51. The normalized spacial score (nSPS) is 28.9. The second-order valence-corrected chi connectivity index (χ2v) is 4.00. The van der Waals surface area contributed by atoms with Crippen molar-refractivity contribution in [2.24, 2.45) is 11.8 Å². The van der Waals surface area contributed by atoms with Gasteiger partial charge in [0.15, 0.2) is 0 Å². The molecule has 0 amide bonds. The van der Waals surface area contributed by atoms with Gasteiger partial charge in [0.25, 0.3) is 0 Å². The zero-order chi connectivity index (χ0) is 9.84. The molecule has 0 aromatic heterocycles. The fourth-order valence-corrected chi connectivity index (χ4v) is 2.00. The minimum Gasteiger partial charge on any atom is -0.299 e. The molecule has 13 heavy (non-hydrogen) atoms. The van der Waals surface area contributed by atoms with Crippen LogP contribution in [0.5, 0.6) is 0 Å². The van der Waals surface area contributed by atoms with Crippen LogP contribution in [0.15, 0.2) is 0 Å². The number of Topliss-reactive ketones (excluding diaryl/α,β-unsaturated/α-hetero) is 2.